The lowest BCUT2D eigenvalue weighted by atomic mass is 10.1. The molecule has 2 amide bonds. The first-order valence-corrected chi connectivity index (χ1v) is 11.2. The molecule has 0 unspecified atom stereocenters. The first-order valence-electron chi connectivity index (χ1n) is 9.82. The van der Waals surface area contributed by atoms with Crippen LogP contribution in [0.4, 0.5) is 5.69 Å². The molecule has 11 heteroatoms. The summed E-state index contributed by atoms with van der Waals surface area (Å²) in [5.41, 5.74) is 2.36. The molecule has 0 aliphatic heterocycles. The molecule has 0 aliphatic rings. The van der Waals surface area contributed by atoms with Gasteiger partial charge in [-0.05, 0) is 30.7 Å². The van der Waals surface area contributed by atoms with Gasteiger partial charge in [0.15, 0.2) is 16.7 Å². The third kappa shape index (κ3) is 5.58. The van der Waals surface area contributed by atoms with Crippen molar-refractivity contribution in [2.24, 2.45) is 0 Å². The molecule has 174 valence electrons. The van der Waals surface area contributed by atoms with E-state index in [0.29, 0.717) is 27.4 Å². The molecule has 0 spiro atoms. The number of amides is 2. The van der Waals surface area contributed by atoms with E-state index < -0.39 is 0 Å². The number of benzene rings is 2. The fourth-order valence-electron chi connectivity index (χ4n) is 2.95. The fourth-order valence-corrected chi connectivity index (χ4v) is 3.85. The summed E-state index contributed by atoms with van der Waals surface area (Å²) >= 11 is 7.44. The number of carbonyl (C=O) groups is 2. The van der Waals surface area contributed by atoms with E-state index in [-0.39, 0.29) is 23.1 Å². The molecule has 0 aliphatic carbocycles. The quantitative estimate of drug-likeness (QED) is 0.482. The molecule has 3 rings (SSSR count). The van der Waals surface area contributed by atoms with Crippen LogP contribution in [0.5, 0.6) is 11.5 Å². The molecule has 2 aromatic carbocycles. The van der Waals surface area contributed by atoms with Gasteiger partial charge in [0.1, 0.15) is 6.33 Å². The first-order chi connectivity index (χ1) is 15.7. The van der Waals surface area contributed by atoms with Crippen LogP contribution in [0.1, 0.15) is 15.9 Å². The number of anilines is 1. The van der Waals surface area contributed by atoms with E-state index in [1.165, 1.54) is 30.9 Å². The Kier molecular flexibility index (Phi) is 7.83. The van der Waals surface area contributed by atoms with E-state index in [9.17, 15) is 9.59 Å². The maximum atomic E-state index is 12.7. The average Bonchev–Trinajstić information content (AvgIpc) is 3.27. The van der Waals surface area contributed by atoms with Gasteiger partial charge in [-0.1, -0.05) is 29.4 Å². The van der Waals surface area contributed by atoms with Crippen LogP contribution >= 0.6 is 23.4 Å². The highest BCUT2D eigenvalue weighted by molar-refractivity contribution is 7.99. The lowest BCUT2D eigenvalue weighted by Gasteiger charge is -2.18. The molecule has 33 heavy (non-hydrogen) atoms. The topological polar surface area (TPSA) is 98.6 Å². The number of halogens is 1. The fraction of sp³-hybridized carbons (Fsp3) is 0.273. The smallest absolute Gasteiger partial charge is 0.255 e. The van der Waals surface area contributed by atoms with Crippen molar-refractivity contribution in [2.45, 2.75) is 12.1 Å². The number of nitrogens with zero attached hydrogens (tertiary/aromatic N) is 4. The number of aryl methyl sites for hydroxylation is 1. The average molecular weight is 490 g/mol. The third-order valence-corrected chi connectivity index (χ3v) is 6.07. The molecule has 1 aromatic heterocycles. The molecule has 0 saturated carbocycles. The van der Waals surface area contributed by atoms with Gasteiger partial charge in [0.05, 0.1) is 36.9 Å². The number of aromatic nitrogens is 3. The minimum atomic E-state index is -0.323. The van der Waals surface area contributed by atoms with Crippen LogP contribution in [0.3, 0.4) is 0 Å². The SMILES string of the molecule is COc1cc(NC(=O)CSc2nncn2-c2ccc(C)c(Cl)c2)c(C(=O)N(C)C)cc1OC. The Hall–Kier alpha value is -3.24. The maximum absolute atomic E-state index is 12.7. The lowest BCUT2D eigenvalue weighted by Crippen LogP contribution is -2.24. The van der Waals surface area contributed by atoms with E-state index in [1.54, 1.807) is 37.1 Å². The van der Waals surface area contributed by atoms with Gasteiger partial charge in [0.25, 0.3) is 5.91 Å². The summed E-state index contributed by atoms with van der Waals surface area (Å²) in [7, 11) is 6.22. The van der Waals surface area contributed by atoms with E-state index >= 15 is 0 Å². The molecule has 0 saturated heterocycles. The zero-order valence-electron chi connectivity index (χ0n) is 18.9. The predicted molar refractivity (Wildman–Crippen MR) is 128 cm³/mol. The van der Waals surface area contributed by atoms with Gasteiger partial charge in [-0.2, -0.15) is 0 Å². The highest BCUT2D eigenvalue weighted by Crippen LogP contribution is 2.34. The summed E-state index contributed by atoms with van der Waals surface area (Å²) in [6.07, 6.45) is 1.56. The summed E-state index contributed by atoms with van der Waals surface area (Å²) < 4.78 is 12.4. The highest BCUT2D eigenvalue weighted by atomic mass is 35.5. The van der Waals surface area contributed by atoms with E-state index in [2.05, 4.69) is 15.5 Å². The van der Waals surface area contributed by atoms with Crippen LogP contribution in [0.15, 0.2) is 41.8 Å². The predicted octanol–water partition coefficient (Wildman–Crippen LogP) is 3.68. The second-order valence-electron chi connectivity index (χ2n) is 7.21. The Balaban J connectivity index is 1.79. The molecule has 3 aromatic rings. The molecular weight excluding hydrogens is 466 g/mol. The number of methoxy groups -OCH3 is 2. The van der Waals surface area contributed by atoms with Gasteiger partial charge in [-0.15, -0.1) is 10.2 Å². The van der Waals surface area contributed by atoms with Gasteiger partial charge in [0, 0.05) is 25.2 Å². The number of ether oxygens (including phenoxy) is 2. The Morgan fingerprint density at radius 2 is 1.85 bits per heavy atom. The van der Waals surface area contributed by atoms with Crippen molar-refractivity contribution in [3.8, 4) is 17.2 Å². The Labute approximate surface area is 201 Å². The van der Waals surface area contributed by atoms with Crippen LogP contribution in [0, 0.1) is 6.92 Å². The summed E-state index contributed by atoms with van der Waals surface area (Å²) in [6.45, 7) is 1.92. The highest BCUT2D eigenvalue weighted by Gasteiger charge is 2.20. The van der Waals surface area contributed by atoms with Crippen LogP contribution < -0.4 is 14.8 Å². The van der Waals surface area contributed by atoms with Gasteiger partial charge < -0.3 is 19.7 Å². The normalized spacial score (nSPS) is 10.6. The zero-order valence-corrected chi connectivity index (χ0v) is 20.5. The lowest BCUT2D eigenvalue weighted by molar-refractivity contribution is -0.113. The number of carbonyl (C=O) groups excluding carboxylic acids is 2. The van der Waals surface area contributed by atoms with Gasteiger partial charge in [-0.3, -0.25) is 14.2 Å². The minimum absolute atomic E-state index is 0.0439. The number of thioether (sulfide) groups is 1. The number of rotatable bonds is 8. The van der Waals surface area contributed by atoms with Crippen LogP contribution in [0.25, 0.3) is 5.69 Å². The Morgan fingerprint density at radius 3 is 2.48 bits per heavy atom. The molecular formula is C22H24ClN5O4S. The molecule has 9 nitrogen and oxygen atoms in total. The molecule has 1 heterocycles. The molecule has 0 radical (unpaired) electrons. The summed E-state index contributed by atoms with van der Waals surface area (Å²) in [6, 6.07) is 8.72. The summed E-state index contributed by atoms with van der Waals surface area (Å²) in [5.74, 6) is 0.223. The van der Waals surface area contributed by atoms with Crippen molar-refractivity contribution >= 4 is 40.9 Å². The Morgan fingerprint density at radius 1 is 1.15 bits per heavy atom. The van der Waals surface area contributed by atoms with Gasteiger partial charge >= 0.3 is 0 Å². The number of hydrogen-bond acceptors (Lipinski definition) is 7. The molecule has 0 bridgehead atoms. The zero-order chi connectivity index (χ0) is 24.1. The van der Waals surface area contributed by atoms with Gasteiger partial charge in [-0.25, -0.2) is 0 Å². The molecule has 0 atom stereocenters. The van der Waals surface area contributed by atoms with E-state index in [0.717, 1.165) is 11.3 Å². The standard InChI is InChI=1S/C22H24ClN5O4S/c1-13-6-7-14(8-16(13)23)28-12-24-26-22(28)33-11-20(29)25-17-10-19(32-5)18(31-4)9-15(17)21(30)27(2)3/h6-10,12H,11H2,1-5H3,(H,25,29). The van der Waals surface area contributed by atoms with Gasteiger partial charge in [0.2, 0.25) is 5.91 Å². The largest absolute Gasteiger partial charge is 0.493 e. The summed E-state index contributed by atoms with van der Waals surface area (Å²) in [4.78, 5) is 26.8. The minimum Gasteiger partial charge on any atom is -0.493 e. The molecule has 0 fully saturated rings. The van der Waals surface area contributed by atoms with E-state index in [1.807, 2.05) is 25.1 Å². The first kappa shape index (κ1) is 24.4. The number of hydrogen-bond donors (Lipinski definition) is 1. The second-order valence-corrected chi connectivity index (χ2v) is 8.56. The van der Waals surface area contributed by atoms with Crippen molar-refractivity contribution in [2.75, 3.05) is 39.4 Å². The van der Waals surface area contributed by atoms with Crippen molar-refractivity contribution in [1.82, 2.24) is 19.7 Å². The van der Waals surface area contributed by atoms with Crippen molar-refractivity contribution < 1.29 is 19.1 Å². The number of nitrogens with one attached hydrogen (secondary N) is 1. The van der Waals surface area contributed by atoms with Crippen molar-refractivity contribution in [3.63, 3.8) is 0 Å². The van der Waals surface area contributed by atoms with Crippen LogP contribution in [-0.4, -0.2) is 65.5 Å². The van der Waals surface area contributed by atoms with Crippen molar-refractivity contribution in [1.29, 1.82) is 0 Å². The van der Waals surface area contributed by atoms with E-state index in [4.69, 9.17) is 21.1 Å². The second kappa shape index (κ2) is 10.6. The monoisotopic (exact) mass is 489 g/mol. The third-order valence-electron chi connectivity index (χ3n) is 4.72. The Bertz CT molecular complexity index is 1180. The van der Waals surface area contributed by atoms with Crippen LogP contribution in [0.2, 0.25) is 5.02 Å². The van der Waals surface area contributed by atoms with Crippen molar-refractivity contribution in [3.05, 3.63) is 52.8 Å². The molecule has 1 N–H and O–H groups in total. The maximum Gasteiger partial charge on any atom is 0.255 e. The summed E-state index contributed by atoms with van der Waals surface area (Å²) in [5, 5.41) is 12.0. The van der Waals surface area contributed by atoms with Crippen LogP contribution in [-0.2, 0) is 4.79 Å².